The lowest BCUT2D eigenvalue weighted by molar-refractivity contribution is 1.18. The fraction of sp³-hybridized carbons (Fsp3) is 0. The molecule has 0 saturated carbocycles. The average Bonchev–Trinajstić information content (AvgIpc) is 3.84. The van der Waals surface area contributed by atoms with Crippen LogP contribution in [0.25, 0.3) is 81.0 Å². The van der Waals surface area contributed by atoms with Crippen molar-refractivity contribution < 1.29 is 0 Å². The van der Waals surface area contributed by atoms with Gasteiger partial charge in [0.25, 0.3) is 0 Å². The van der Waals surface area contributed by atoms with Gasteiger partial charge in [0.1, 0.15) is 0 Å². The zero-order valence-corrected chi connectivity index (χ0v) is 31.9. The molecular formula is C54H36N2S. The summed E-state index contributed by atoms with van der Waals surface area (Å²) in [6, 6.07) is 79.3. The summed E-state index contributed by atoms with van der Waals surface area (Å²) < 4.78 is 5.06. The van der Waals surface area contributed by atoms with Gasteiger partial charge in [-0.2, -0.15) is 0 Å². The van der Waals surface area contributed by atoms with Gasteiger partial charge in [-0.05, 0) is 88.5 Å². The highest BCUT2D eigenvalue weighted by atomic mass is 32.1. The molecule has 0 spiro atoms. The monoisotopic (exact) mass is 744 g/mol. The van der Waals surface area contributed by atoms with Crippen molar-refractivity contribution in [1.82, 2.24) is 4.57 Å². The number of nitrogens with zero attached hydrogens (tertiary/aromatic N) is 2. The molecule has 0 unspecified atom stereocenters. The highest BCUT2D eigenvalue weighted by Crippen LogP contribution is 2.43. The Labute approximate surface area is 335 Å². The summed E-state index contributed by atoms with van der Waals surface area (Å²) in [6.45, 7) is 0. The standard InChI is InChI=1S/C54H36N2S/c1-2-14-37(15-3-1)40-16-12-17-43(36-40)55(42-34-30-39(31-35-42)45-22-13-23-49-48-21-7-11-27-53(48)57-54(45)49)41-32-28-38(29-33-41)44-18-4-8-24-50(44)56-51-25-9-5-19-46(51)47-20-6-10-26-52(47)56/h1-36H. The molecular weight excluding hydrogens is 709 g/mol. The Morgan fingerprint density at radius 2 is 0.860 bits per heavy atom. The number of para-hydroxylation sites is 3. The maximum Gasteiger partial charge on any atom is 0.0541 e. The molecule has 0 aliphatic carbocycles. The minimum Gasteiger partial charge on any atom is -0.310 e. The second-order valence-corrected chi connectivity index (χ2v) is 15.6. The number of hydrogen-bond donors (Lipinski definition) is 0. The lowest BCUT2D eigenvalue weighted by Crippen LogP contribution is -2.10. The van der Waals surface area contributed by atoms with Gasteiger partial charge in [0.05, 0.1) is 16.7 Å². The second-order valence-electron chi connectivity index (χ2n) is 14.5. The molecule has 0 bridgehead atoms. The summed E-state index contributed by atoms with van der Waals surface area (Å²) in [7, 11) is 0. The van der Waals surface area contributed by atoms with E-state index in [0.29, 0.717) is 0 Å². The van der Waals surface area contributed by atoms with Gasteiger partial charge < -0.3 is 9.47 Å². The molecule has 3 heteroatoms. The van der Waals surface area contributed by atoms with Crippen LogP contribution in [0.4, 0.5) is 17.1 Å². The topological polar surface area (TPSA) is 8.17 Å². The van der Waals surface area contributed by atoms with E-state index < -0.39 is 0 Å². The van der Waals surface area contributed by atoms with Crippen LogP contribution in [0.1, 0.15) is 0 Å². The van der Waals surface area contributed by atoms with Crippen molar-refractivity contribution in [2.24, 2.45) is 0 Å². The molecule has 9 aromatic carbocycles. The molecule has 11 rings (SSSR count). The Bertz CT molecular complexity index is 3170. The van der Waals surface area contributed by atoms with Crippen molar-refractivity contribution in [3.8, 4) is 39.1 Å². The summed E-state index contributed by atoms with van der Waals surface area (Å²) in [5, 5.41) is 5.16. The molecule has 2 nitrogen and oxygen atoms in total. The van der Waals surface area contributed by atoms with Crippen LogP contribution in [0.3, 0.4) is 0 Å². The Balaban J connectivity index is 1.02. The van der Waals surface area contributed by atoms with Crippen molar-refractivity contribution in [1.29, 1.82) is 0 Å². The molecule has 2 heterocycles. The number of fused-ring (bicyclic) bond motifs is 6. The van der Waals surface area contributed by atoms with Crippen LogP contribution in [0.15, 0.2) is 218 Å². The minimum absolute atomic E-state index is 1.10. The summed E-state index contributed by atoms with van der Waals surface area (Å²) in [5.74, 6) is 0. The van der Waals surface area contributed by atoms with E-state index >= 15 is 0 Å². The Hall–Kier alpha value is -7.20. The number of thiophene rings is 1. The first-order valence-electron chi connectivity index (χ1n) is 19.4. The number of rotatable bonds is 7. The van der Waals surface area contributed by atoms with Crippen LogP contribution in [-0.2, 0) is 0 Å². The normalized spacial score (nSPS) is 11.5. The van der Waals surface area contributed by atoms with Crippen LogP contribution in [0.5, 0.6) is 0 Å². The summed E-state index contributed by atoms with van der Waals surface area (Å²) in [6.07, 6.45) is 0. The third-order valence-electron chi connectivity index (χ3n) is 11.2. The fourth-order valence-electron chi connectivity index (χ4n) is 8.55. The lowest BCUT2D eigenvalue weighted by atomic mass is 10.0. The van der Waals surface area contributed by atoms with Crippen LogP contribution in [0.2, 0.25) is 0 Å². The van der Waals surface area contributed by atoms with E-state index in [1.807, 2.05) is 11.3 Å². The average molecular weight is 745 g/mol. The van der Waals surface area contributed by atoms with Gasteiger partial charge in [0.15, 0.2) is 0 Å². The van der Waals surface area contributed by atoms with Crippen molar-refractivity contribution in [3.05, 3.63) is 218 Å². The molecule has 268 valence electrons. The molecule has 11 aromatic rings. The summed E-state index contributed by atoms with van der Waals surface area (Å²) in [4.78, 5) is 2.37. The first-order chi connectivity index (χ1) is 28.3. The molecule has 0 radical (unpaired) electrons. The summed E-state index contributed by atoms with van der Waals surface area (Å²) >= 11 is 1.88. The molecule has 0 N–H and O–H groups in total. The maximum atomic E-state index is 2.41. The van der Waals surface area contributed by atoms with Crippen molar-refractivity contribution in [3.63, 3.8) is 0 Å². The quantitative estimate of drug-likeness (QED) is 0.158. The fourth-order valence-corrected chi connectivity index (χ4v) is 9.79. The van der Waals surface area contributed by atoms with E-state index in [-0.39, 0.29) is 0 Å². The first kappa shape index (κ1) is 33.2. The highest BCUT2D eigenvalue weighted by molar-refractivity contribution is 7.26. The molecule has 0 fully saturated rings. The van der Waals surface area contributed by atoms with Gasteiger partial charge in [-0.3, -0.25) is 0 Å². The first-order valence-corrected chi connectivity index (χ1v) is 20.2. The van der Waals surface area contributed by atoms with Gasteiger partial charge in [0, 0.05) is 53.6 Å². The summed E-state index contributed by atoms with van der Waals surface area (Å²) in [5.41, 5.74) is 14.1. The van der Waals surface area contributed by atoms with E-state index in [1.54, 1.807) is 0 Å². The van der Waals surface area contributed by atoms with E-state index in [9.17, 15) is 0 Å². The third-order valence-corrected chi connectivity index (χ3v) is 12.4. The SMILES string of the molecule is c1ccc(-c2cccc(N(c3ccc(-c4ccccc4-n4c5ccccc5c5ccccc54)cc3)c3ccc(-c4cccc5c4sc4ccccc45)cc3)c2)cc1. The number of aromatic nitrogens is 1. The smallest absolute Gasteiger partial charge is 0.0541 e. The van der Waals surface area contributed by atoms with Crippen LogP contribution < -0.4 is 4.90 Å². The molecule has 2 aromatic heterocycles. The van der Waals surface area contributed by atoms with Crippen molar-refractivity contribution >= 4 is 70.4 Å². The van der Waals surface area contributed by atoms with E-state index in [1.165, 1.54) is 81.0 Å². The van der Waals surface area contributed by atoms with Gasteiger partial charge in [-0.15, -0.1) is 11.3 Å². The van der Waals surface area contributed by atoms with Gasteiger partial charge in [0.2, 0.25) is 0 Å². The lowest BCUT2D eigenvalue weighted by Gasteiger charge is -2.26. The van der Waals surface area contributed by atoms with Gasteiger partial charge in [-0.1, -0.05) is 158 Å². The predicted octanol–water partition coefficient (Wildman–Crippen LogP) is 15.6. The number of hydrogen-bond acceptors (Lipinski definition) is 2. The third kappa shape index (κ3) is 5.71. The van der Waals surface area contributed by atoms with Gasteiger partial charge >= 0.3 is 0 Å². The van der Waals surface area contributed by atoms with E-state index in [2.05, 4.69) is 228 Å². The van der Waals surface area contributed by atoms with E-state index in [4.69, 9.17) is 0 Å². The maximum absolute atomic E-state index is 2.41. The van der Waals surface area contributed by atoms with Crippen LogP contribution in [0, 0.1) is 0 Å². The Kier molecular flexibility index (Phi) is 8.04. The number of benzene rings is 9. The van der Waals surface area contributed by atoms with Crippen LogP contribution >= 0.6 is 11.3 Å². The van der Waals surface area contributed by atoms with E-state index in [0.717, 1.165) is 17.1 Å². The minimum atomic E-state index is 1.10. The molecule has 0 saturated heterocycles. The highest BCUT2D eigenvalue weighted by Gasteiger charge is 2.18. The van der Waals surface area contributed by atoms with Crippen molar-refractivity contribution in [2.45, 2.75) is 0 Å². The number of anilines is 3. The van der Waals surface area contributed by atoms with Crippen LogP contribution in [-0.4, -0.2) is 4.57 Å². The Morgan fingerprint density at radius 1 is 0.333 bits per heavy atom. The molecule has 0 atom stereocenters. The molecule has 57 heavy (non-hydrogen) atoms. The Morgan fingerprint density at radius 3 is 1.58 bits per heavy atom. The largest absolute Gasteiger partial charge is 0.310 e. The molecule has 0 aliphatic heterocycles. The molecule has 0 aliphatic rings. The van der Waals surface area contributed by atoms with Crippen molar-refractivity contribution in [2.75, 3.05) is 4.90 Å². The zero-order valence-electron chi connectivity index (χ0n) is 31.1. The zero-order chi connectivity index (χ0) is 37.7. The van der Waals surface area contributed by atoms with Gasteiger partial charge in [-0.25, -0.2) is 0 Å². The predicted molar refractivity (Wildman–Crippen MR) is 245 cm³/mol. The second kappa shape index (κ2) is 13.8. The molecule has 0 amide bonds.